The predicted octanol–water partition coefficient (Wildman–Crippen LogP) is 1.51. The minimum atomic E-state index is -0.172. The van der Waals surface area contributed by atoms with Crippen LogP contribution >= 0.6 is 0 Å². The van der Waals surface area contributed by atoms with Gasteiger partial charge in [-0.3, -0.25) is 9.78 Å². The summed E-state index contributed by atoms with van der Waals surface area (Å²) in [5.41, 5.74) is 1.17. The van der Waals surface area contributed by atoms with Crippen molar-refractivity contribution in [1.29, 1.82) is 0 Å². The molecule has 0 fully saturated rings. The monoisotopic (exact) mass is 222 g/mol. The van der Waals surface area contributed by atoms with Crippen LogP contribution in [0.15, 0.2) is 24.5 Å². The molecule has 0 spiro atoms. The maximum absolute atomic E-state index is 11.1. The lowest BCUT2D eigenvalue weighted by Crippen LogP contribution is -2.30. The molecule has 1 aromatic rings. The Morgan fingerprint density at radius 1 is 1.50 bits per heavy atom. The van der Waals surface area contributed by atoms with E-state index in [1.165, 1.54) is 12.7 Å². The van der Waals surface area contributed by atoms with Gasteiger partial charge in [0.25, 0.3) is 0 Å². The van der Waals surface area contributed by atoms with Crippen molar-refractivity contribution in [3.05, 3.63) is 30.1 Å². The quantitative estimate of drug-likeness (QED) is 0.741. The summed E-state index contributed by atoms with van der Waals surface area (Å²) in [7, 11) is 1.41. The van der Waals surface area contributed by atoms with E-state index in [9.17, 15) is 4.79 Å². The number of hydrogen-bond donors (Lipinski definition) is 1. The molecule has 1 rings (SSSR count). The number of esters is 1. The summed E-state index contributed by atoms with van der Waals surface area (Å²) in [6.45, 7) is 2.80. The molecular weight excluding hydrogens is 204 g/mol. The molecule has 4 heteroatoms. The Morgan fingerprint density at radius 3 is 2.75 bits per heavy atom. The van der Waals surface area contributed by atoms with Gasteiger partial charge in [-0.05, 0) is 24.1 Å². The van der Waals surface area contributed by atoms with Gasteiger partial charge < -0.3 is 10.1 Å². The number of carbonyl (C=O) groups is 1. The van der Waals surface area contributed by atoms with Crippen LogP contribution in [-0.4, -0.2) is 24.1 Å². The van der Waals surface area contributed by atoms with Crippen LogP contribution in [0.25, 0.3) is 0 Å². The van der Waals surface area contributed by atoms with Gasteiger partial charge in [0.2, 0.25) is 0 Å². The lowest BCUT2D eigenvalue weighted by atomic mass is 10.1. The Labute approximate surface area is 96.0 Å². The van der Waals surface area contributed by atoms with Crippen molar-refractivity contribution < 1.29 is 9.53 Å². The Balaban J connectivity index is 2.37. The average Bonchev–Trinajstić information content (AvgIpc) is 2.35. The first-order valence-corrected chi connectivity index (χ1v) is 5.45. The van der Waals surface area contributed by atoms with Gasteiger partial charge >= 0.3 is 5.97 Å². The topological polar surface area (TPSA) is 51.2 Å². The van der Waals surface area contributed by atoms with Gasteiger partial charge in [-0.2, -0.15) is 0 Å². The Kier molecular flexibility index (Phi) is 5.50. The molecule has 88 valence electrons. The first-order chi connectivity index (χ1) is 7.76. The molecule has 0 radical (unpaired) electrons. The number of nitrogens with one attached hydrogen (secondary N) is 1. The highest BCUT2D eigenvalue weighted by Gasteiger charge is 2.11. The zero-order valence-corrected chi connectivity index (χ0v) is 9.77. The van der Waals surface area contributed by atoms with Crippen LogP contribution in [0.5, 0.6) is 0 Å². The molecule has 4 nitrogen and oxygen atoms in total. The Hall–Kier alpha value is -1.42. The van der Waals surface area contributed by atoms with Crippen LogP contribution < -0.4 is 5.32 Å². The van der Waals surface area contributed by atoms with Crippen LogP contribution in [0.2, 0.25) is 0 Å². The van der Waals surface area contributed by atoms with Crippen LogP contribution in [-0.2, 0) is 16.1 Å². The summed E-state index contributed by atoms with van der Waals surface area (Å²) in [6, 6.07) is 4.08. The van der Waals surface area contributed by atoms with Crippen LogP contribution in [0, 0.1) is 0 Å². The van der Waals surface area contributed by atoms with E-state index in [2.05, 4.69) is 15.0 Å². The highest BCUT2D eigenvalue weighted by atomic mass is 16.5. The van der Waals surface area contributed by atoms with Gasteiger partial charge in [-0.15, -0.1) is 0 Å². The summed E-state index contributed by atoms with van der Waals surface area (Å²) >= 11 is 0. The molecule has 0 saturated carbocycles. The normalized spacial score (nSPS) is 12.1. The van der Waals surface area contributed by atoms with E-state index in [0.717, 1.165) is 13.0 Å². The van der Waals surface area contributed by atoms with Crippen LogP contribution in [0.1, 0.15) is 25.3 Å². The maximum atomic E-state index is 11.1. The highest BCUT2D eigenvalue weighted by molar-refractivity contribution is 5.69. The van der Waals surface area contributed by atoms with Crippen molar-refractivity contribution in [2.45, 2.75) is 32.4 Å². The molecule has 0 bridgehead atoms. The summed E-state index contributed by atoms with van der Waals surface area (Å²) in [5, 5.41) is 3.32. The fourth-order valence-electron chi connectivity index (χ4n) is 1.41. The van der Waals surface area contributed by atoms with E-state index >= 15 is 0 Å². The first kappa shape index (κ1) is 12.6. The number of carbonyl (C=O) groups excluding carboxylic acids is 1. The molecule has 1 aromatic heterocycles. The lowest BCUT2D eigenvalue weighted by Gasteiger charge is -2.15. The van der Waals surface area contributed by atoms with Crippen LogP contribution in [0.4, 0.5) is 0 Å². The maximum Gasteiger partial charge on any atom is 0.307 e. The molecule has 0 aliphatic carbocycles. The molecule has 1 unspecified atom stereocenters. The fourth-order valence-corrected chi connectivity index (χ4v) is 1.41. The summed E-state index contributed by atoms with van der Waals surface area (Å²) in [4.78, 5) is 15.1. The smallest absolute Gasteiger partial charge is 0.307 e. The molecule has 0 aliphatic heterocycles. The van der Waals surface area contributed by atoms with Crippen molar-refractivity contribution in [2.24, 2.45) is 0 Å². The summed E-state index contributed by atoms with van der Waals surface area (Å²) < 4.78 is 4.65. The largest absolute Gasteiger partial charge is 0.469 e. The molecule has 0 saturated heterocycles. The van der Waals surface area contributed by atoms with Crippen molar-refractivity contribution >= 4 is 5.97 Å². The van der Waals surface area contributed by atoms with Gasteiger partial charge in [0, 0.05) is 25.0 Å². The molecule has 0 amide bonds. The molecule has 1 N–H and O–H groups in total. The second-order valence-corrected chi connectivity index (χ2v) is 3.62. The summed E-state index contributed by atoms with van der Waals surface area (Å²) in [5.74, 6) is -0.172. The van der Waals surface area contributed by atoms with E-state index in [4.69, 9.17) is 0 Å². The van der Waals surface area contributed by atoms with Crippen molar-refractivity contribution in [3.63, 3.8) is 0 Å². The molecule has 1 atom stereocenters. The Morgan fingerprint density at radius 2 is 2.19 bits per heavy atom. The number of rotatable bonds is 6. The number of ether oxygens (including phenoxy) is 1. The minimum Gasteiger partial charge on any atom is -0.469 e. The second-order valence-electron chi connectivity index (χ2n) is 3.62. The fraction of sp³-hybridized carbons (Fsp3) is 0.500. The zero-order chi connectivity index (χ0) is 11.8. The molecule has 0 aliphatic rings. The number of aromatic nitrogens is 1. The third-order valence-electron chi connectivity index (χ3n) is 2.48. The van der Waals surface area contributed by atoms with Crippen molar-refractivity contribution in [2.75, 3.05) is 7.11 Å². The standard InChI is InChI=1S/C12H18N2O2/c1-3-11(8-12(15)16-2)14-9-10-4-6-13-7-5-10/h4-7,11,14H,3,8-9H2,1-2H3. The van der Waals surface area contributed by atoms with Crippen molar-refractivity contribution in [1.82, 2.24) is 10.3 Å². The van der Waals surface area contributed by atoms with Gasteiger partial charge in [-0.25, -0.2) is 0 Å². The SMILES string of the molecule is CCC(CC(=O)OC)NCc1ccncc1. The zero-order valence-electron chi connectivity index (χ0n) is 9.77. The van der Waals surface area contributed by atoms with E-state index in [-0.39, 0.29) is 12.0 Å². The van der Waals surface area contributed by atoms with E-state index < -0.39 is 0 Å². The minimum absolute atomic E-state index is 0.167. The number of nitrogens with zero attached hydrogens (tertiary/aromatic N) is 1. The first-order valence-electron chi connectivity index (χ1n) is 5.45. The second kappa shape index (κ2) is 6.95. The number of pyridine rings is 1. The van der Waals surface area contributed by atoms with Gasteiger partial charge in [0.05, 0.1) is 13.5 Å². The highest BCUT2D eigenvalue weighted by Crippen LogP contribution is 2.02. The Bertz CT molecular complexity index is 314. The molecule has 0 aromatic carbocycles. The third-order valence-corrected chi connectivity index (χ3v) is 2.48. The van der Waals surface area contributed by atoms with Crippen molar-refractivity contribution in [3.8, 4) is 0 Å². The number of hydrogen-bond acceptors (Lipinski definition) is 4. The van der Waals surface area contributed by atoms with E-state index in [1.54, 1.807) is 12.4 Å². The average molecular weight is 222 g/mol. The van der Waals surface area contributed by atoms with Crippen LogP contribution in [0.3, 0.4) is 0 Å². The third kappa shape index (κ3) is 4.40. The predicted molar refractivity (Wildman–Crippen MR) is 61.8 cm³/mol. The molecule has 1 heterocycles. The lowest BCUT2D eigenvalue weighted by molar-refractivity contribution is -0.141. The molecule has 16 heavy (non-hydrogen) atoms. The van der Waals surface area contributed by atoms with Gasteiger partial charge in [-0.1, -0.05) is 6.92 Å². The molecular formula is C12H18N2O2. The number of methoxy groups -OCH3 is 1. The van der Waals surface area contributed by atoms with E-state index in [1.807, 2.05) is 19.1 Å². The van der Waals surface area contributed by atoms with Gasteiger partial charge in [0.1, 0.15) is 0 Å². The van der Waals surface area contributed by atoms with Gasteiger partial charge in [0.15, 0.2) is 0 Å². The van der Waals surface area contributed by atoms with E-state index in [0.29, 0.717) is 6.42 Å². The summed E-state index contributed by atoms with van der Waals surface area (Å²) in [6.07, 6.45) is 4.84.